The number of carbonyl (C=O) groups excluding carboxylic acids is 1. The van der Waals surface area contributed by atoms with Crippen molar-refractivity contribution in [1.82, 2.24) is 4.90 Å². The summed E-state index contributed by atoms with van der Waals surface area (Å²) < 4.78 is 18.1. The van der Waals surface area contributed by atoms with E-state index < -0.39 is 5.82 Å². The molecule has 2 rings (SSSR count). The van der Waals surface area contributed by atoms with Crippen molar-refractivity contribution in [3.05, 3.63) is 29.6 Å². The lowest BCUT2D eigenvalue weighted by molar-refractivity contribution is 0.105. The van der Waals surface area contributed by atoms with Gasteiger partial charge in [0.15, 0.2) is 0 Å². The Hall–Kier alpha value is -2.29. The molecule has 1 amide bonds. The summed E-state index contributed by atoms with van der Waals surface area (Å²) in [5.74, 6) is -0.421. The summed E-state index contributed by atoms with van der Waals surface area (Å²) >= 11 is 0. The summed E-state index contributed by atoms with van der Waals surface area (Å²) in [6.45, 7) is 4.38. The van der Waals surface area contributed by atoms with Crippen LogP contribution in [0.5, 0.6) is 0 Å². The molecule has 106 valence electrons. The molecule has 1 aromatic rings. The van der Waals surface area contributed by atoms with Crippen LogP contribution in [0.15, 0.2) is 18.2 Å². The molecular formula is C14H16FN3O2. The highest BCUT2D eigenvalue weighted by Gasteiger charge is 2.23. The molecule has 0 saturated carbocycles. The molecule has 0 atom stereocenters. The van der Waals surface area contributed by atoms with E-state index >= 15 is 0 Å². The van der Waals surface area contributed by atoms with E-state index in [9.17, 15) is 9.18 Å². The third kappa shape index (κ3) is 2.99. The predicted molar refractivity (Wildman–Crippen MR) is 71.9 cm³/mol. The molecule has 6 heteroatoms. The van der Waals surface area contributed by atoms with E-state index in [1.807, 2.05) is 11.0 Å². The van der Waals surface area contributed by atoms with E-state index in [1.54, 1.807) is 17.9 Å². The minimum Gasteiger partial charge on any atom is -0.450 e. The molecule has 0 aliphatic carbocycles. The molecule has 1 aromatic carbocycles. The van der Waals surface area contributed by atoms with Gasteiger partial charge in [-0.25, -0.2) is 9.18 Å². The van der Waals surface area contributed by atoms with Crippen molar-refractivity contribution in [2.75, 3.05) is 37.7 Å². The Kier molecular flexibility index (Phi) is 4.41. The summed E-state index contributed by atoms with van der Waals surface area (Å²) in [5, 5.41) is 9.06. The second-order valence-corrected chi connectivity index (χ2v) is 4.45. The summed E-state index contributed by atoms with van der Waals surface area (Å²) in [4.78, 5) is 15.2. The maximum Gasteiger partial charge on any atom is 0.409 e. The zero-order chi connectivity index (χ0) is 14.5. The number of hydrogen-bond donors (Lipinski definition) is 0. The molecule has 0 bridgehead atoms. The molecule has 1 aliphatic rings. The number of amides is 1. The highest BCUT2D eigenvalue weighted by Crippen LogP contribution is 2.22. The van der Waals surface area contributed by atoms with Crippen LogP contribution >= 0.6 is 0 Å². The van der Waals surface area contributed by atoms with Crippen LogP contribution in [0, 0.1) is 17.1 Å². The van der Waals surface area contributed by atoms with Crippen LogP contribution in [-0.2, 0) is 4.74 Å². The number of anilines is 1. The van der Waals surface area contributed by atoms with Crippen LogP contribution in [0.4, 0.5) is 14.9 Å². The maximum absolute atomic E-state index is 13.1. The first-order valence-electron chi connectivity index (χ1n) is 6.52. The lowest BCUT2D eigenvalue weighted by atomic mass is 10.1. The van der Waals surface area contributed by atoms with Crippen molar-refractivity contribution in [3.63, 3.8) is 0 Å². The molecular weight excluding hydrogens is 261 g/mol. The van der Waals surface area contributed by atoms with E-state index in [1.165, 1.54) is 12.1 Å². The molecule has 20 heavy (non-hydrogen) atoms. The normalized spacial score (nSPS) is 14.8. The SMILES string of the molecule is CCOC(=O)N1CCN(c2ccc(F)cc2C#N)CC1. The average Bonchev–Trinajstić information content (AvgIpc) is 2.47. The van der Waals surface area contributed by atoms with E-state index in [4.69, 9.17) is 10.00 Å². The Morgan fingerprint density at radius 1 is 1.40 bits per heavy atom. The lowest BCUT2D eigenvalue weighted by Gasteiger charge is -2.35. The van der Waals surface area contributed by atoms with Gasteiger partial charge in [-0.3, -0.25) is 0 Å². The molecule has 0 radical (unpaired) electrons. The van der Waals surface area contributed by atoms with Crippen molar-refractivity contribution >= 4 is 11.8 Å². The molecule has 1 saturated heterocycles. The van der Waals surface area contributed by atoms with Crippen LogP contribution < -0.4 is 4.90 Å². The highest BCUT2D eigenvalue weighted by atomic mass is 19.1. The van der Waals surface area contributed by atoms with Gasteiger partial charge in [0.25, 0.3) is 0 Å². The Labute approximate surface area is 117 Å². The number of benzene rings is 1. The molecule has 0 unspecified atom stereocenters. The zero-order valence-electron chi connectivity index (χ0n) is 11.3. The van der Waals surface area contributed by atoms with E-state index in [-0.39, 0.29) is 6.09 Å². The van der Waals surface area contributed by atoms with E-state index in [2.05, 4.69) is 0 Å². The average molecular weight is 277 g/mol. The number of halogens is 1. The number of nitrogens with zero attached hydrogens (tertiary/aromatic N) is 3. The fraction of sp³-hybridized carbons (Fsp3) is 0.429. The topological polar surface area (TPSA) is 56.6 Å². The van der Waals surface area contributed by atoms with Crippen molar-refractivity contribution in [2.24, 2.45) is 0 Å². The lowest BCUT2D eigenvalue weighted by Crippen LogP contribution is -2.49. The first-order valence-corrected chi connectivity index (χ1v) is 6.52. The first kappa shape index (κ1) is 14.1. The van der Waals surface area contributed by atoms with Gasteiger partial charge in [-0.2, -0.15) is 5.26 Å². The first-order chi connectivity index (χ1) is 9.65. The Morgan fingerprint density at radius 2 is 2.10 bits per heavy atom. The summed E-state index contributed by atoms with van der Waals surface area (Å²) in [6.07, 6.45) is -0.313. The van der Waals surface area contributed by atoms with Gasteiger partial charge < -0.3 is 14.5 Å². The largest absolute Gasteiger partial charge is 0.450 e. The molecule has 0 N–H and O–H groups in total. The Morgan fingerprint density at radius 3 is 2.70 bits per heavy atom. The molecule has 0 aromatic heterocycles. The summed E-state index contributed by atoms with van der Waals surface area (Å²) in [5.41, 5.74) is 1.02. The van der Waals surface area contributed by atoms with Gasteiger partial charge in [-0.1, -0.05) is 0 Å². The van der Waals surface area contributed by atoms with Crippen molar-refractivity contribution in [1.29, 1.82) is 5.26 Å². The van der Waals surface area contributed by atoms with Gasteiger partial charge in [0.2, 0.25) is 0 Å². The van der Waals surface area contributed by atoms with Crippen molar-refractivity contribution < 1.29 is 13.9 Å². The molecule has 1 fully saturated rings. The quantitative estimate of drug-likeness (QED) is 0.829. The van der Waals surface area contributed by atoms with Gasteiger partial charge in [-0.15, -0.1) is 0 Å². The van der Waals surface area contributed by atoms with Gasteiger partial charge in [0, 0.05) is 26.2 Å². The fourth-order valence-corrected chi connectivity index (χ4v) is 2.22. The standard InChI is InChI=1S/C14H16FN3O2/c1-2-20-14(19)18-7-5-17(6-8-18)13-4-3-12(15)9-11(13)10-16/h3-4,9H,2,5-8H2,1H3. The van der Waals surface area contributed by atoms with Crippen molar-refractivity contribution in [3.8, 4) is 6.07 Å². The third-order valence-corrected chi connectivity index (χ3v) is 3.23. The highest BCUT2D eigenvalue weighted by molar-refractivity contribution is 5.68. The van der Waals surface area contributed by atoms with E-state index in [0.717, 1.165) is 0 Å². The zero-order valence-corrected chi connectivity index (χ0v) is 11.3. The molecule has 1 aliphatic heterocycles. The molecule has 1 heterocycles. The summed E-state index contributed by atoms with van der Waals surface area (Å²) in [6, 6.07) is 6.18. The van der Waals surface area contributed by atoms with Crippen LogP contribution in [0.25, 0.3) is 0 Å². The monoisotopic (exact) mass is 277 g/mol. The second-order valence-electron chi connectivity index (χ2n) is 4.45. The number of piperazine rings is 1. The van der Waals surface area contributed by atoms with Crippen LogP contribution in [0.2, 0.25) is 0 Å². The van der Waals surface area contributed by atoms with Gasteiger partial charge >= 0.3 is 6.09 Å². The van der Waals surface area contributed by atoms with Gasteiger partial charge in [-0.05, 0) is 25.1 Å². The number of ether oxygens (including phenoxy) is 1. The van der Waals surface area contributed by atoms with Gasteiger partial charge in [0.1, 0.15) is 11.9 Å². The maximum atomic E-state index is 13.1. The fourth-order valence-electron chi connectivity index (χ4n) is 2.22. The van der Waals surface area contributed by atoms with Crippen molar-refractivity contribution in [2.45, 2.75) is 6.92 Å². The number of carbonyl (C=O) groups is 1. The predicted octanol–water partition coefficient (Wildman–Crippen LogP) is 1.98. The minimum absolute atomic E-state index is 0.313. The minimum atomic E-state index is -0.421. The van der Waals surface area contributed by atoms with Gasteiger partial charge in [0.05, 0.1) is 17.9 Å². The third-order valence-electron chi connectivity index (χ3n) is 3.23. The number of nitriles is 1. The van der Waals surface area contributed by atoms with Crippen LogP contribution in [0.3, 0.4) is 0 Å². The smallest absolute Gasteiger partial charge is 0.409 e. The second kappa shape index (κ2) is 6.24. The van der Waals surface area contributed by atoms with Crippen LogP contribution in [-0.4, -0.2) is 43.8 Å². The Balaban J connectivity index is 2.04. The number of rotatable bonds is 2. The van der Waals surface area contributed by atoms with E-state index in [0.29, 0.717) is 44.0 Å². The van der Waals surface area contributed by atoms with Crippen LogP contribution in [0.1, 0.15) is 12.5 Å². The number of hydrogen-bond acceptors (Lipinski definition) is 4. The summed E-state index contributed by atoms with van der Waals surface area (Å²) in [7, 11) is 0. The molecule has 5 nitrogen and oxygen atoms in total. The molecule has 0 spiro atoms. The Bertz CT molecular complexity index is 534.